The van der Waals surface area contributed by atoms with Gasteiger partial charge in [0.2, 0.25) is 0 Å². The van der Waals surface area contributed by atoms with E-state index in [1.807, 2.05) is 22.9 Å². The minimum Gasteiger partial charge on any atom is -0.390 e. The molecule has 0 radical (unpaired) electrons. The largest absolute Gasteiger partial charge is 0.390 e. The molecular formula is C21H24BrN5O4S. The van der Waals surface area contributed by atoms with Crippen molar-refractivity contribution in [3.8, 4) is 0 Å². The van der Waals surface area contributed by atoms with E-state index in [-0.39, 0.29) is 12.1 Å². The fraction of sp³-hybridized carbons (Fsp3) is 0.429. The predicted molar refractivity (Wildman–Crippen MR) is 123 cm³/mol. The topological polar surface area (TPSA) is 118 Å². The fourth-order valence-electron chi connectivity index (χ4n) is 4.80. The van der Waals surface area contributed by atoms with Gasteiger partial charge in [-0.25, -0.2) is 9.97 Å². The van der Waals surface area contributed by atoms with Crippen molar-refractivity contribution in [3.63, 3.8) is 0 Å². The van der Waals surface area contributed by atoms with Crippen LogP contribution in [0.1, 0.15) is 42.5 Å². The quantitative estimate of drug-likeness (QED) is 0.456. The number of fused-ring (bicyclic) bond motifs is 2. The molecule has 0 bridgehead atoms. The van der Waals surface area contributed by atoms with Crippen LogP contribution in [0.4, 0.5) is 5.82 Å². The molecule has 3 N–H and O–H groups in total. The Morgan fingerprint density at radius 2 is 2.09 bits per heavy atom. The molecule has 9 nitrogen and oxygen atoms in total. The summed E-state index contributed by atoms with van der Waals surface area (Å²) in [5, 5.41) is 14.8. The molecule has 5 rings (SSSR count). The van der Waals surface area contributed by atoms with Gasteiger partial charge in [-0.1, -0.05) is 28.1 Å². The standard InChI is InChI=1S/C21H24BrN5O4S/c1-23-32(29,30)31-19-10-12(9-18(19)28)27-8-7-15-20(24-11-25-21(15)27)26-17-6-5-13-14(17)3-2-4-16(13)22/h2-4,7-8,11-12,17-19,23,28H,5-6,9-10H2,1H3,(H,24,25,26)/t12-,17-,18+,19+/m1/s1. The summed E-state index contributed by atoms with van der Waals surface area (Å²) in [6.45, 7) is 0. The zero-order valence-corrected chi connectivity index (χ0v) is 19.8. The first-order chi connectivity index (χ1) is 15.4. The molecule has 2 heterocycles. The van der Waals surface area contributed by atoms with E-state index < -0.39 is 22.5 Å². The van der Waals surface area contributed by atoms with Crippen molar-refractivity contribution in [2.24, 2.45) is 0 Å². The molecular weight excluding hydrogens is 498 g/mol. The van der Waals surface area contributed by atoms with Crippen LogP contribution >= 0.6 is 15.9 Å². The van der Waals surface area contributed by atoms with Crippen LogP contribution in [0.5, 0.6) is 0 Å². The van der Waals surface area contributed by atoms with E-state index in [4.69, 9.17) is 4.18 Å². The van der Waals surface area contributed by atoms with Crippen molar-refractivity contribution in [1.82, 2.24) is 19.3 Å². The summed E-state index contributed by atoms with van der Waals surface area (Å²) in [6, 6.07) is 8.26. The van der Waals surface area contributed by atoms with Gasteiger partial charge in [0.05, 0.1) is 17.5 Å². The van der Waals surface area contributed by atoms with Gasteiger partial charge in [-0.15, -0.1) is 0 Å². The maximum atomic E-state index is 11.7. The Hall–Kier alpha value is -2.05. The molecule has 0 unspecified atom stereocenters. The lowest BCUT2D eigenvalue weighted by molar-refractivity contribution is 0.0635. The molecule has 1 aromatic carbocycles. The van der Waals surface area contributed by atoms with E-state index in [0.29, 0.717) is 12.8 Å². The Balaban J connectivity index is 1.40. The normalized spacial score (nSPS) is 25.3. The third kappa shape index (κ3) is 3.92. The van der Waals surface area contributed by atoms with E-state index in [9.17, 15) is 13.5 Å². The molecule has 2 aliphatic rings. The third-order valence-electron chi connectivity index (χ3n) is 6.37. The van der Waals surface area contributed by atoms with E-state index in [2.05, 4.69) is 48.1 Å². The number of hydrogen-bond acceptors (Lipinski definition) is 7. The highest BCUT2D eigenvalue weighted by atomic mass is 79.9. The zero-order chi connectivity index (χ0) is 22.5. The lowest BCUT2D eigenvalue weighted by atomic mass is 10.1. The lowest BCUT2D eigenvalue weighted by Crippen LogP contribution is -2.31. The van der Waals surface area contributed by atoms with Crippen molar-refractivity contribution in [1.29, 1.82) is 0 Å². The molecule has 4 atom stereocenters. The number of anilines is 1. The number of benzene rings is 1. The molecule has 1 fully saturated rings. The Morgan fingerprint density at radius 3 is 2.91 bits per heavy atom. The average molecular weight is 522 g/mol. The van der Waals surface area contributed by atoms with Gasteiger partial charge in [-0.05, 0) is 48.9 Å². The number of hydrogen-bond donors (Lipinski definition) is 3. The molecule has 2 aromatic heterocycles. The molecule has 1 saturated carbocycles. The monoisotopic (exact) mass is 521 g/mol. The van der Waals surface area contributed by atoms with Crippen LogP contribution in [0.2, 0.25) is 0 Å². The first-order valence-corrected chi connectivity index (χ1v) is 12.7. The SMILES string of the molecule is CNS(=O)(=O)O[C@H]1C[C@H](n2ccc3c(N[C@@H]4CCc5c(Br)cccc54)ncnc32)C[C@@H]1O. The molecule has 11 heteroatoms. The number of halogens is 1. The molecule has 0 saturated heterocycles. The number of nitrogens with zero attached hydrogens (tertiary/aromatic N) is 3. The lowest BCUT2D eigenvalue weighted by Gasteiger charge is -2.17. The van der Waals surface area contributed by atoms with Crippen LogP contribution in [0.25, 0.3) is 11.0 Å². The second-order valence-corrected chi connectivity index (χ2v) is 10.6. The Kier molecular flexibility index (Phi) is 5.70. The van der Waals surface area contributed by atoms with E-state index in [1.165, 1.54) is 24.5 Å². The van der Waals surface area contributed by atoms with Gasteiger partial charge in [0.1, 0.15) is 23.9 Å². The number of aliphatic hydroxyl groups excluding tert-OH is 1. The van der Waals surface area contributed by atoms with Crippen molar-refractivity contribution < 1.29 is 17.7 Å². The van der Waals surface area contributed by atoms with Crippen molar-refractivity contribution in [2.45, 2.75) is 50.0 Å². The van der Waals surface area contributed by atoms with Crippen LogP contribution in [0.3, 0.4) is 0 Å². The molecule has 0 amide bonds. The van der Waals surface area contributed by atoms with Gasteiger partial charge in [-0.3, -0.25) is 4.18 Å². The molecule has 0 aliphatic heterocycles. The van der Waals surface area contributed by atoms with Crippen LogP contribution in [-0.2, 0) is 20.9 Å². The first kappa shape index (κ1) is 21.8. The summed E-state index contributed by atoms with van der Waals surface area (Å²) in [4.78, 5) is 8.96. The third-order valence-corrected chi connectivity index (χ3v) is 8.12. The Morgan fingerprint density at radius 1 is 1.25 bits per heavy atom. The van der Waals surface area contributed by atoms with Gasteiger partial charge in [0.15, 0.2) is 0 Å². The highest BCUT2D eigenvalue weighted by molar-refractivity contribution is 9.10. The number of rotatable bonds is 6. The summed E-state index contributed by atoms with van der Waals surface area (Å²) in [5.41, 5.74) is 3.34. The minimum atomic E-state index is -3.88. The van der Waals surface area contributed by atoms with Crippen LogP contribution in [0.15, 0.2) is 41.3 Å². The highest BCUT2D eigenvalue weighted by Gasteiger charge is 2.38. The fourth-order valence-corrected chi connectivity index (χ4v) is 6.01. The van der Waals surface area contributed by atoms with Gasteiger partial charge in [0.25, 0.3) is 0 Å². The summed E-state index contributed by atoms with van der Waals surface area (Å²) in [6.07, 6.45) is 4.49. The van der Waals surface area contributed by atoms with Crippen LogP contribution in [-0.4, -0.2) is 47.3 Å². The Bertz CT molecular complexity index is 1260. The van der Waals surface area contributed by atoms with Gasteiger partial charge in [0, 0.05) is 23.8 Å². The van der Waals surface area contributed by atoms with Crippen LogP contribution < -0.4 is 10.0 Å². The zero-order valence-electron chi connectivity index (χ0n) is 17.4. The molecule has 2 aliphatic carbocycles. The molecule has 170 valence electrons. The van der Waals surface area contributed by atoms with Gasteiger partial charge >= 0.3 is 10.3 Å². The Labute approximate surface area is 194 Å². The van der Waals surface area contributed by atoms with Gasteiger partial charge < -0.3 is 15.0 Å². The second-order valence-electron chi connectivity index (χ2n) is 8.21. The second kappa shape index (κ2) is 8.38. The summed E-state index contributed by atoms with van der Waals surface area (Å²) in [7, 11) is -2.60. The number of aliphatic hydroxyl groups is 1. The maximum absolute atomic E-state index is 11.7. The number of aromatic nitrogens is 3. The van der Waals surface area contributed by atoms with Crippen molar-refractivity contribution in [3.05, 3.63) is 52.4 Å². The molecule has 0 spiro atoms. The summed E-state index contributed by atoms with van der Waals surface area (Å²) >= 11 is 3.64. The highest BCUT2D eigenvalue weighted by Crippen LogP contribution is 2.39. The van der Waals surface area contributed by atoms with Gasteiger partial charge in [-0.2, -0.15) is 13.1 Å². The van der Waals surface area contributed by atoms with Crippen molar-refractivity contribution >= 4 is 43.1 Å². The maximum Gasteiger partial charge on any atom is 0.335 e. The number of nitrogens with one attached hydrogen (secondary N) is 2. The molecule has 32 heavy (non-hydrogen) atoms. The first-order valence-electron chi connectivity index (χ1n) is 10.5. The average Bonchev–Trinajstić information content (AvgIpc) is 3.47. The van der Waals surface area contributed by atoms with E-state index in [0.717, 1.165) is 34.2 Å². The predicted octanol–water partition coefficient (Wildman–Crippen LogP) is 2.84. The molecule has 3 aromatic rings. The summed E-state index contributed by atoms with van der Waals surface area (Å²) in [5.74, 6) is 0.760. The van der Waals surface area contributed by atoms with Crippen molar-refractivity contribution in [2.75, 3.05) is 12.4 Å². The van der Waals surface area contributed by atoms with E-state index >= 15 is 0 Å². The smallest absolute Gasteiger partial charge is 0.335 e. The van der Waals surface area contributed by atoms with Crippen LogP contribution in [0, 0.1) is 0 Å². The minimum absolute atomic E-state index is 0.134. The summed E-state index contributed by atoms with van der Waals surface area (Å²) < 4.78 is 33.8. The van der Waals surface area contributed by atoms with E-state index in [1.54, 1.807) is 0 Å².